The second-order valence-electron chi connectivity index (χ2n) is 17.4. The van der Waals surface area contributed by atoms with Crippen LogP contribution in [0.15, 0.2) is 24.3 Å². The molecule has 310 valence electrons. The molecule has 0 spiro atoms. The monoisotopic (exact) mass is 806 g/mol. The second kappa shape index (κ2) is 23.3. The quantitative estimate of drug-likeness (QED) is 0.0824. The average Bonchev–Trinajstić information content (AvgIpc) is 3.24. The number of carbonyl (C=O) groups is 2. The first-order valence-corrected chi connectivity index (χ1v) is 25.2. The Balaban J connectivity index is 0.842. The summed E-state index contributed by atoms with van der Waals surface area (Å²) < 4.78 is 11.2. The van der Waals surface area contributed by atoms with Gasteiger partial charge in [-0.25, -0.2) is 0 Å². The fourth-order valence-corrected chi connectivity index (χ4v) is 12.1. The Kier molecular flexibility index (Phi) is 18.0. The number of ether oxygens (including phenoxy) is 2. The zero-order chi connectivity index (χ0) is 39.0. The lowest BCUT2D eigenvalue weighted by Gasteiger charge is -2.28. The lowest BCUT2D eigenvalue weighted by atomic mass is 9.78. The van der Waals surface area contributed by atoms with E-state index in [0.29, 0.717) is 72.7 Å². The van der Waals surface area contributed by atoms with Gasteiger partial charge in [-0.2, -0.15) is 0 Å². The van der Waals surface area contributed by atoms with E-state index in [0.717, 1.165) is 25.7 Å². The minimum absolute atomic E-state index is 0.167. The summed E-state index contributed by atoms with van der Waals surface area (Å²) in [5.74, 6) is 3.97. The van der Waals surface area contributed by atoms with Crippen LogP contribution >= 0.6 is 21.6 Å². The molecule has 56 heavy (non-hydrogen) atoms. The Morgan fingerprint density at radius 1 is 0.482 bits per heavy atom. The Morgan fingerprint density at radius 2 is 0.768 bits per heavy atom. The van der Waals surface area contributed by atoms with Crippen LogP contribution in [0.5, 0.6) is 11.5 Å². The minimum atomic E-state index is -0.167. The molecule has 2 aromatic carbocycles. The van der Waals surface area contributed by atoms with Crippen molar-refractivity contribution in [2.45, 2.75) is 191 Å². The summed E-state index contributed by atoms with van der Waals surface area (Å²) >= 11 is 0. The van der Waals surface area contributed by atoms with Gasteiger partial charge in [0.25, 0.3) is 0 Å². The van der Waals surface area contributed by atoms with Crippen LogP contribution in [-0.2, 0) is 31.9 Å². The minimum Gasteiger partial charge on any atom is -0.507 e. The lowest BCUT2D eigenvalue weighted by molar-refractivity contribution is -0.144. The molecule has 0 heterocycles. The van der Waals surface area contributed by atoms with Crippen LogP contribution in [0.4, 0.5) is 0 Å². The molecule has 0 aliphatic heterocycles. The molecule has 2 N–H and O–H groups in total. The number of rotatable bonds is 19. The van der Waals surface area contributed by atoms with Gasteiger partial charge in [-0.3, -0.25) is 9.59 Å². The van der Waals surface area contributed by atoms with Crippen LogP contribution in [-0.4, -0.2) is 46.9 Å². The van der Waals surface area contributed by atoms with Crippen LogP contribution in [0.25, 0.3) is 0 Å². The number of hydrogen-bond donors (Lipinski definition) is 2. The predicted octanol–water partition coefficient (Wildman–Crippen LogP) is 13.1. The maximum atomic E-state index is 12.5. The third-order valence-corrected chi connectivity index (χ3v) is 15.7. The van der Waals surface area contributed by atoms with Crippen LogP contribution in [0.3, 0.4) is 0 Å². The molecule has 0 unspecified atom stereocenters. The third-order valence-electron chi connectivity index (χ3n) is 13.2. The van der Waals surface area contributed by atoms with Gasteiger partial charge in [0, 0.05) is 11.5 Å². The van der Waals surface area contributed by atoms with E-state index in [4.69, 9.17) is 9.47 Å². The molecule has 4 fully saturated rings. The van der Waals surface area contributed by atoms with Gasteiger partial charge in [-0.15, -0.1) is 0 Å². The van der Waals surface area contributed by atoms with Crippen molar-refractivity contribution in [2.75, 3.05) is 24.7 Å². The summed E-state index contributed by atoms with van der Waals surface area (Å²) in [5, 5.41) is 22.8. The van der Waals surface area contributed by atoms with Gasteiger partial charge in [-0.1, -0.05) is 123 Å². The Hall–Kier alpha value is -2.32. The van der Waals surface area contributed by atoms with Crippen molar-refractivity contribution in [1.82, 2.24) is 0 Å². The normalized spacial score (nSPS) is 19.2. The highest BCUT2D eigenvalue weighted by Crippen LogP contribution is 2.46. The smallest absolute Gasteiger partial charge is 0.306 e. The van der Waals surface area contributed by atoms with Crippen LogP contribution < -0.4 is 0 Å². The molecular formula is C48H70O6S2. The number of hydrogen-bond acceptors (Lipinski definition) is 8. The Morgan fingerprint density at radius 3 is 1.05 bits per heavy atom. The predicted molar refractivity (Wildman–Crippen MR) is 232 cm³/mol. The number of aromatic hydroxyl groups is 2. The van der Waals surface area contributed by atoms with Crippen molar-refractivity contribution in [1.29, 1.82) is 0 Å². The Bertz CT molecular complexity index is 1330. The summed E-state index contributed by atoms with van der Waals surface area (Å²) in [5.41, 5.74) is 7.21. The lowest BCUT2D eigenvalue weighted by Crippen LogP contribution is -2.11. The van der Waals surface area contributed by atoms with Crippen LogP contribution in [0.2, 0.25) is 0 Å². The number of benzene rings is 2. The number of esters is 2. The maximum absolute atomic E-state index is 12.5. The molecule has 6 nitrogen and oxygen atoms in total. The summed E-state index contributed by atoms with van der Waals surface area (Å²) in [6, 6.07) is 9.00. The zero-order valence-electron chi connectivity index (χ0n) is 34.2. The standard InChI is InChI=1S/C48H70O6S2/c49-45(53-27-13-15-35-31-41(37-17-5-1-6-18-37)47(51)42(32-35)38-19-7-2-8-20-38)25-29-55-56-30-26-46(50)54-28-14-16-36-33-43(39-21-9-3-10-22-39)48(52)44(34-36)40-23-11-4-12-24-40/h31-34,37-40,51-52H,1-30H2. The van der Waals surface area contributed by atoms with Crippen LogP contribution in [0, 0.1) is 0 Å². The molecule has 0 amide bonds. The highest BCUT2D eigenvalue weighted by Gasteiger charge is 2.27. The molecule has 8 heteroatoms. The first-order chi connectivity index (χ1) is 27.5. The number of phenols is 2. The molecule has 4 aliphatic rings. The molecule has 4 aliphatic carbocycles. The fraction of sp³-hybridized carbons (Fsp3) is 0.708. The highest BCUT2D eigenvalue weighted by atomic mass is 33.1. The summed E-state index contributed by atoms with van der Waals surface area (Å²) in [7, 11) is 3.22. The van der Waals surface area contributed by atoms with Gasteiger partial charge < -0.3 is 19.7 Å². The summed E-state index contributed by atoms with van der Waals surface area (Å²) in [4.78, 5) is 24.9. The molecule has 0 radical (unpaired) electrons. The van der Waals surface area contributed by atoms with Crippen molar-refractivity contribution >= 4 is 33.5 Å². The van der Waals surface area contributed by atoms with Gasteiger partial charge >= 0.3 is 11.9 Å². The van der Waals surface area contributed by atoms with E-state index in [1.165, 1.54) is 162 Å². The van der Waals surface area contributed by atoms with Gasteiger partial charge in [0.1, 0.15) is 11.5 Å². The van der Waals surface area contributed by atoms with E-state index in [1.54, 1.807) is 21.6 Å². The van der Waals surface area contributed by atoms with Crippen molar-refractivity contribution in [3.05, 3.63) is 57.6 Å². The third kappa shape index (κ3) is 13.1. The van der Waals surface area contributed by atoms with E-state index in [1.807, 2.05) is 0 Å². The van der Waals surface area contributed by atoms with E-state index in [2.05, 4.69) is 24.3 Å². The van der Waals surface area contributed by atoms with Gasteiger partial charge in [-0.05, 0) is 134 Å². The van der Waals surface area contributed by atoms with Crippen molar-refractivity contribution in [2.24, 2.45) is 0 Å². The number of phenolic OH excluding ortho intramolecular Hbond substituents is 2. The number of aryl methyl sites for hydroxylation is 2. The van der Waals surface area contributed by atoms with E-state index < -0.39 is 0 Å². The summed E-state index contributed by atoms with van der Waals surface area (Å²) in [6.45, 7) is 0.827. The summed E-state index contributed by atoms with van der Waals surface area (Å²) in [6.07, 6.45) is 28.6. The van der Waals surface area contributed by atoms with Gasteiger partial charge in [0.15, 0.2) is 0 Å². The average molecular weight is 807 g/mol. The van der Waals surface area contributed by atoms with E-state index >= 15 is 0 Å². The first kappa shape index (κ1) is 43.3. The highest BCUT2D eigenvalue weighted by molar-refractivity contribution is 8.76. The molecule has 0 saturated heterocycles. The molecule has 2 aromatic rings. The number of carbonyl (C=O) groups excluding carboxylic acids is 2. The van der Waals surface area contributed by atoms with E-state index in [9.17, 15) is 19.8 Å². The fourth-order valence-electron chi connectivity index (χ4n) is 10.1. The molecule has 4 saturated carbocycles. The molecule has 6 rings (SSSR count). The van der Waals surface area contributed by atoms with Crippen molar-refractivity contribution in [3.63, 3.8) is 0 Å². The molecule has 0 aromatic heterocycles. The topological polar surface area (TPSA) is 93.1 Å². The van der Waals surface area contributed by atoms with Crippen LogP contribution in [0.1, 0.15) is 211 Å². The SMILES string of the molecule is O=C(CCSSCCC(=O)OCCCc1cc(C2CCCCC2)c(O)c(C2CCCCC2)c1)OCCCc1cc(C2CCCCC2)c(O)c(C2CCCCC2)c1. The Labute approximate surface area is 345 Å². The molecular weight excluding hydrogens is 737 g/mol. The second-order valence-corrected chi connectivity index (χ2v) is 20.1. The van der Waals surface area contributed by atoms with Gasteiger partial charge in [0.05, 0.1) is 26.1 Å². The van der Waals surface area contributed by atoms with Gasteiger partial charge in [0.2, 0.25) is 0 Å². The molecule has 0 atom stereocenters. The van der Waals surface area contributed by atoms with Crippen molar-refractivity contribution in [3.8, 4) is 11.5 Å². The zero-order valence-corrected chi connectivity index (χ0v) is 35.8. The van der Waals surface area contributed by atoms with E-state index in [-0.39, 0.29) is 11.9 Å². The maximum Gasteiger partial charge on any atom is 0.306 e. The van der Waals surface area contributed by atoms with Crippen molar-refractivity contribution < 1.29 is 29.3 Å². The largest absolute Gasteiger partial charge is 0.507 e. The molecule has 0 bridgehead atoms. The first-order valence-electron chi connectivity index (χ1n) is 22.7.